The van der Waals surface area contributed by atoms with Gasteiger partial charge in [0, 0.05) is 19.2 Å². The van der Waals surface area contributed by atoms with E-state index in [0.717, 1.165) is 5.56 Å². The predicted molar refractivity (Wildman–Crippen MR) is 77.0 cm³/mol. The molecule has 0 aliphatic carbocycles. The first-order valence-corrected chi connectivity index (χ1v) is 6.82. The maximum absolute atomic E-state index is 12.3. The van der Waals surface area contributed by atoms with E-state index in [1.807, 2.05) is 13.8 Å². The minimum atomic E-state index is -2.87. The van der Waals surface area contributed by atoms with Crippen molar-refractivity contribution >= 4 is 0 Å². The maximum atomic E-state index is 12.3. The minimum absolute atomic E-state index is 0.0479. The molecule has 0 aromatic heterocycles. The predicted octanol–water partition coefficient (Wildman–Crippen LogP) is 3.20. The zero-order valence-corrected chi connectivity index (χ0v) is 12.9. The summed E-state index contributed by atoms with van der Waals surface area (Å²) in [7, 11) is 1.65. The quantitative estimate of drug-likeness (QED) is 0.760. The van der Waals surface area contributed by atoms with Crippen molar-refractivity contribution in [3.05, 3.63) is 23.8 Å². The summed E-state index contributed by atoms with van der Waals surface area (Å²) in [5.74, 6) is 0.369. The first-order chi connectivity index (χ1) is 9.88. The van der Waals surface area contributed by atoms with Crippen LogP contribution in [0.4, 0.5) is 8.78 Å². The van der Waals surface area contributed by atoms with Gasteiger partial charge < -0.3 is 19.5 Å². The third kappa shape index (κ3) is 6.27. The Balaban J connectivity index is 2.78. The zero-order valence-electron chi connectivity index (χ0n) is 12.9. The monoisotopic (exact) mass is 303 g/mol. The van der Waals surface area contributed by atoms with Gasteiger partial charge in [-0.1, -0.05) is 6.07 Å². The topological polar surface area (TPSA) is 39.7 Å². The highest BCUT2D eigenvalue weighted by atomic mass is 19.3. The molecule has 0 fully saturated rings. The van der Waals surface area contributed by atoms with Crippen LogP contribution < -0.4 is 14.8 Å². The van der Waals surface area contributed by atoms with Crippen LogP contribution >= 0.6 is 0 Å². The largest absolute Gasteiger partial charge is 0.490 e. The van der Waals surface area contributed by atoms with Crippen LogP contribution in [0.5, 0.6) is 11.5 Å². The highest BCUT2D eigenvalue weighted by Crippen LogP contribution is 2.30. The lowest BCUT2D eigenvalue weighted by molar-refractivity contribution is -0.0514. The van der Waals surface area contributed by atoms with Gasteiger partial charge in [-0.25, -0.2) is 0 Å². The van der Waals surface area contributed by atoms with E-state index in [9.17, 15) is 8.78 Å². The molecule has 0 spiro atoms. The Morgan fingerprint density at radius 2 is 1.95 bits per heavy atom. The molecular weight excluding hydrogens is 280 g/mol. The summed E-state index contributed by atoms with van der Waals surface area (Å²) in [5, 5.41) is 3.34. The molecule has 0 heterocycles. The van der Waals surface area contributed by atoms with Gasteiger partial charge in [0.15, 0.2) is 11.5 Å². The van der Waals surface area contributed by atoms with Gasteiger partial charge in [0.25, 0.3) is 0 Å². The van der Waals surface area contributed by atoms with Crippen LogP contribution in [0.2, 0.25) is 0 Å². The second-order valence-electron chi connectivity index (χ2n) is 5.26. The third-order valence-electron chi connectivity index (χ3n) is 2.80. The van der Waals surface area contributed by atoms with Gasteiger partial charge in [0.05, 0.1) is 13.2 Å². The lowest BCUT2D eigenvalue weighted by atomic mass is 10.1. The van der Waals surface area contributed by atoms with E-state index in [2.05, 4.69) is 10.1 Å². The molecule has 120 valence electrons. The fraction of sp³-hybridized carbons (Fsp3) is 0.600. The Labute approximate surface area is 124 Å². The summed E-state index contributed by atoms with van der Waals surface area (Å²) in [6, 6.07) is 4.94. The third-order valence-corrected chi connectivity index (χ3v) is 2.80. The van der Waals surface area contributed by atoms with E-state index in [-0.39, 0.29) is 11.3 Å². The second kappa shape index (κ2) is 8.14. The zero-order chi connectivity index (χ0) is 15.9. The van der Waals surface area contributed by atoms with Crippen LogP contribution in [-0.2, 0) is 11.3 Å². The first-order valence-electron chi connectivity index (χ1n) is 6.82. The summed E-state index contributed by atoms with van der Waals surface area (Å²) in [5.41, 5.74) is 0.739. The van der Waals surface area contributed by atoms with E-state index in [1.54, 1.807) is 26.2 Å². The number of methoxy groups -OCH3 is 1. The van der Waals surface area contributed by atoms with Crippen LogP contribution in [0.25, 0.3) is 0 Å². The Bertz CT molecular complexity index is 439. The Hall–Kier alpha value is -1.40. The van der Waals surface area contributed by atoms with Crippen LogP contribution in [0.3, 0.4) is 0 Å². The average Bonchev–Trinajstić information content (AvgIpc) is 2.39. The highest BCUT2D eigenvalue weighted by Gasteiger charge is 2.17. The van der Waals surface area contributed by atoms with Crippen LogP contribution in [0.1, 0.15) is 26.3 Å². The van der Waals surface area contributed by atoms with Crippen molar-refractivity contribution in [3.8, 4) is 11.5 Å². The molecular formula is C15H23F2NO3. The van der Waals surface area contributed by atoms with Crippen molar-refractivity contribution in [3.63, 3.8) is 0 Å². The summed E-state index contributed by atoms with van der Waals surface area (Å²) >= 11 is 0. The molecule has 0 unspecified atom stereocenters. The number of halogens is 2. The van der Waals surface area contributed by atoms with Crippen LogP contribution in [-0.4, -0.2) is 32.5 Å². The molecule has 0 aliphatic heterocycles. The molecule has 0 amide bonds. The number of alkyl halides is 2. The van der Waals surface area contributed by atoms with E-state index < -0.39 is 6.61 Å². The van der Waals surface area contributed by atoms with Crippen LogP contribution in [0, 0.1) is 0 Å². The summed E-state index contributed by atoms with van der Waals surface area (Å²) in [4.78, 5) is 0. The Morgan fingerprint density at radius 1 is 1.24 bits per heavy atom. The van der Waals surface area contributed by atoms with Crippen molar-refractivity contribution in [2.75, 3.05) is 20.3 Å². The summed E-state index contributed by atoms with van der Waals surface area (Å²) < 4.78 is 39.6. The Morgan fingerprint density at radius 3 is 2.52 bits per heavy atom. The van der Waals surface area contributed by atoms with Gasteiger partial charge in [-0.15, -0.1) is 0 Å². The van der Waals surface area contributed by atoms with Crippen molar-refractivity contribution in [1.82, 2.24) is 5.32 Å². The molecule has 6 heteroatoms. The van der Waals surface area contributed by atoms with Gasteiger partial charge in [-0.05, 0) is 38.5 Å². The highest BCUT2D eigenvalue weighted by molar-refractivity contribution is 5.43. The lowest BCUT2D eigenvalue weighted by Crippen LogP contribution is -2.42. The molecule has 21 heavy (non-hydrogen) atoms. The molecule has 0 aliphatic rings. The average molecular weight is 303 g/mol. The van der Waals surface area contributed by atoms with Crippen molar-refractivity contribution in [2.24, 2.45) is 0 Å². The van der Waals surface area contributed by atoms with Gasteiger partial charge in [0.1, 0.15) is 0 Å². The number of rotatable bonds is 9. The van der Waals surface area contributed by atoms with Gasteiger partial charge in [-0.2, -0.15) is 8.78 Å². The normalized spacial score (nSPS) is 11.8. The number of ether oxygens (including phenoxy) is 3. The molecule has 0 bridgehead atoms. The Kier molecular flexibility index (Phi) is 6.84. The fourth-order valence-electron chi connectivity index (χ4n) is 1.88. The standard InChI is InChI=1S/C15H23F2NO3/c1-5-20-13-8-11(6-7-12(13)21-14(16)17)9-18-15(2,3)10-19-4/h6-8,14,18H,5,9-10H2,1-4H3. The van der Waals surface area contributed by atoms with Crippen LogP contribution in [0.15, 0.2) is 18.2 Å². The molecule has 4 nitrogen and oxygen atoms in total. The van der Waals surface area contributed by atoms with Crippen molar-refractivity contribution < 1.29 is 23.0 Å². The molecule has 1 aromatic rings. The van der Waals surface area contributed by atoms with E-state index in [1.165, 1.54) is 6.07 Å². The molecule has 1 rings (SSSR count). The molecule has 0 saturated carbocycles. The molecule has 1 aromatic carbocycles. The van der Waals surface area contributed by atoms with Crippen molar-refractivity contribution in [1.29, 1.82) is 0 Å². The molecule has 0 saturated heterocycles. The molecule has 1 N–H and O–H groups in total. The fourth-order valence-corrected chi connectivity index (χ4v) is 1.88. The van der Waals surface area contributed by atoms with Gasteiger partial charge >= 0.3 is 6.61 Å². The summed E-state index contributed by atoms with van der Waals surface area (Å²) in [6.07, 6.45) is 0. The number of hydrogen-bond donors (Lipinski definition) is 1. The van der Waals surface area contributed by atoms with Crippen molar-refractivity contribution in [2.45, 2.75) is 39.5 Å². The smallest absolute Gasteiger partial charge is 0.387 e. The first kappa shape index (κ1) is 17.7. The number of nitrogens with one attached hydrogen (secondary N) is 1. The van der Waals surface area contributed by atoms with E-state index in [4.69, 9.17) is 9.47 Å². The second-order valence-corrected chi connectivity index (χ2v) is 5.26. The van der Waals surface area contributed by atoms with Gasteiger partial charge in [0.2, 0.25) is 0 Å². The number of hydrogen-bond acceptors (Lipinski definition) is 4. The minimum Gasteiger partial charge on any atom is -0.490 e. The van der Waals surface area contributed by atoms with Gasteiger partial charge in [-0.3, -0.25) is 0 Å². The SMILES string of the molecule is CCOc1cc(CNC(C)(C)COC)ccc1OC(F)F. The molecule has 0 radical (unpaired) electrons. The summed E-state index contributed by atoms with van der Waals surface area (Å²) in [6.45, 7) is 4.49. The molecule has 0 atom stereocenters. The van der Waals surface area contributed by atoms with E-state index in [0.29, 0.717) is 25.5 Å². The maximum Gasteiger partial charge on any atom is 0.387 e. The number of benzene rings is 1. The lowest BCUT2D eigenvalue weighted by Gasteiger charge is -2.25. The van der Waals surface area contributed by atoms with E-state index >= 15 is 0 Å².